The molecule has 0 aromatic carbocycles. The Morgan fingerprint density at radius 1 is 0.727 bits per heavy atom. The molecule has 11 N–H and O–H groups in total. The Balaban J connectivity index is 1.87. The fourth-order valence-corrected chi connectivity index (χ4v) is 7.89. The van der Waals surface area contributed by atoms with Gasteiger partial charge in [-0.25, -0.2) is 0 Å². The number of carboxylic acid groups (broad SMARTS) is 1. The smallest absolute Gasteiger partial charge is 0.311 e. The fraction of sp³-hybridized carbons (Fsp3) is 0.652. The van der Waals surface area contributed by atoms with Crippen LogP contribution in [0.5, 0.6) is 0 Å². The van der Waals surface area contributed by atoms with Crippen molar-refractivity contribution in [2.24, 2.45) is 22.9 Å². The highest BCUT2D eigenvalue weighted by Gasteiger charge is 2.51. The number of ether oxygens (including phenoxy) is 4. The maximum absolute atomic E-state index is 12.6. The van der Waals surface area contributed by atoms with Gasteiger partial charge in [0.1, 0.15) is 18.1 Å². The zero-order chi connectivity index (χ0) is 49.0. The number of azide groups is 1. The van der Waals surface area contributed by atoms with E-state index in [4.69, 9.17) is 24.5 Å². The minimum atomic E-state index is -2.36. The summed E-state index contributed by atoms with van der Waals surface area (Å²) in [6.45, 7) is 4.81. The number of cyclic esters (lactones) is 1. The van der Waals surface area contributed by atoms with E-state index in [0.717, 1.165) is 0 Å². The average Bonchev–Trinajstić information content (AvgIpc) is 3.23. The number of esters is 1. The number of nitrogens with zero attached hydrogens (tertiary/aromatic N) is 3. The number of aliphatic hydroxyl groups excluding tert-OH is 9. The number of hydrogen-bond acceptors (Lipinski definition) is 17. The highest BCUT2D eigenvalue weighted by molar-refractivity contribution is 5.71. The normalized spacial score (nSPS) is 43.7. The fourth-order valence-electron chi connectivity index (χ4n) is 7.89. The molecule has 2 fully saturated rings. The number of allylic oxidation sites excluding steroid dienone is 12. The van der Waals surface area contributed by atoms with Crippen LogP contribution in [0, 0.1) is 17.8 Å². The summed E-state index contributed by atoms with van der Waals surface area (Å²) < 4.78 is 22.8. The van der Waals surface area contributed by atoms with E-state index in [1.807, 2.05) is 13.0 Å². The van der Waals surface area contributed by atoms with Crippen LogP contribution < -0.4 is 0 Å². The van der Waals surface area contributed by atoms with E-state index in [-0.39, 0.29) is 38.2 Å². The number of carbonyl (C=O) groups excluding carboxylic acids is 1. The summed E-state index contributed by atoms with van der Waals surface area (Å²) in [6, 6.07) is -1.35. The van der Waals surface area contributed by atoms with Crippen molar-refractivity contribution in [1.82, 2.24) is 0 Å². The van der Waals surface area contributed by atoms with Crippen LogP contribution in [0.25, 0.3) is 10.4 Å². The van der Waals surface area contributed by atoms with Crippen molar-refractivity contribution in [1.29, 1.82) is 0 Å². The van der Waals surface area contributed by atoms with Crippen LogP contribution in [0.4, 0.5) is 0 Å². The molecule has 0 radical (unpaired) electrons. The van der Waals surface area contributed by atoms with Gasteiger partial charge in [0.25, 0.3) is 0 Å². The molecule has 3 aliphatic rings. The van der Waals surface area contributed by atoms with Crippen molar-refractivity contribution < 1.29 is 84.7 Å². The first-order chi connectivity index (χ1) is 31.2. The van der Waals surface area contributed by atoms with E-state index >= 15 is 0 Å². The number of aliphatic hydroxyl groups is 10. The van der Waals surface area contributed by atoms with Crippen molar-refractivity contribution in [3.8, 4) is 0 Å². The van der Waals surface area contributed by atoms with Crippen LogP contribution in [0.3, 0.4) is 0 Å². The first-order valence-corrected chi connectivity index (χ1v) is 22.2. The number of hydrogen-bond donors (Lipinski definition) is 11. The minimum absolute atomic E-state index is 0.120. The van der Waals surface area contributed by atoms with E-state index in [2.05, 4.69) is 10.0 Å². The van der Waals surface area contributed by atoms with Gasteiger partial charge in [0.15, 0.2) is 12.1 Å². The Labute approximate surface area is 384 Å². The lowest BCUT2D eigenvalue weighted by atomic mass is 9.82. The van der Waals surface area contributed by atoms with Crippen molar-refractivity contribution in [3.05, 3.63) is 95.5 Å². The average molecular weight is 936 g/mol. The number of fused-ring (bicyclic) bond motifs is 2. The monoisotopic (exact) mass is 935 g/mol. The van der Waals surface area contributed by atoms with Gasteiger partial charge in [-0.2, -0.15) is 0 Å². The Bertz CT molecular complexity index is 1770. The van der Waals surface area contributed by atoms with E-state index in [1.165, 1.54) is 12.2 Å². The second kappa shape index (κ2) is 28.3. The van der Waals surface area contributed by atoms with Gasteiger partial charge in [-0.05, 0) is 31.7 Å². The lowest BCUT2D eigenvalue weighted by molar-refractivity contribution is -0.305. The number of aliphatic carboxylic acids is 1. The summed E-state index contributed by atoms with van der Waals surface area (Å²) in [5.74, 6) is -6.95. The van der Waals surface area contributed by atoms with Crippen molar-refractivity contribution in [3.63, 3.8) is 0 Å². The Morgan fingerprint density at radius 2 is 1.32 bits per heavy atom. The van der Waals surface area contributed by atoms with Crippen LogP contribution in [0.15, 0.2) is 90.2 Å². The number of rotatable bonds is 4. The van der Waals surface area contributed by atoms with Gasteiger partial charge in [-0.1, -0.05) is 104 Å². The van der Waals surface area contributed by atoms with Gasteiger partial charge in [0, 0.05) is 42.4 Å². The summed E-state index contributed by atoms with van der Waals surface area (Å²) in [7, 11) is 0. The van der Waals surface area contributed by atoms with E-state index in [0.29, 0.717) is 0 Å². The van der Waals surface area contributed by atoms with E-state index in [9.17, 15) is 65.8 Å². The molecule has 0 amide bonds. The molecule has 0 aliphatic carbocycles. The molecule has 10 unspecified atom stereocenters. The molecular formula is C46H69N3O17. The molecule has 18 atom stereocenters. The Morgan fingerprint density at radius 3 is 1.91 bits per heavy atom. The summed E-state index contributed by atoms with van der Waals surface area (Å²) in [5.41, 5.74) is 8.98. The molecule has 20 heteroatoms. The topological polar surface area (TPSA) is 342 Å². The number of carboxylic acids is 1. The van der Waals surface area contributed by atoms with Gasteiger partial charge in [-0.15, -0.1) is 0 Å². The predicted octanol–water partition coefficient (Wildman–Crippen LogP) is 1.67. The van der Waals surface area contributed by atoms with Crippen LogP contribution in [0.2, 0.25) is 0 Å². The molecule has 0 aromatic heterocycles. The quantitative estimate of drug-likeness (QED) is 0.0827. The minimum Gasteiger partial charge on any atom is -0.481 e. The molecule has 2 saturated heterocycles. The lowest BCUT2D eigenvalue weighted by Crippen LogP contribution is -2.57. The predicted molar refractivity (Wildman–Crippen MR) is 237 cm³/mol. The highest BCUT2D eigenvalue weighted by Crippen LogP contribution is 2.38. The SMILES string of the molecule is C[C@@H]1[C@H](O)[C@@H](C)/C=C/C=C/C=C/C=C/C=C/C=C/C=C/C(OC2OC[C@@H](O)C(N=[N+]=[N-])[C@H]2O)C[C@@H]2OC(O)(CC(O)CC(O)C(O)CCC(O)CC(O)CC(=O)O[C@H]1C)C[C@H](O)C2C(=O)O. The van der Waals surface area contributed by atoms with Gasteiger partial charge in [0.2, 0.25) is 0 Å². The largest absolute Gasteiger partial charge is 0.481 e. The molecule has 2 bridgehead atoms. The van der Waals surface area contributed by atoms with Gasteiger partial charge >= 0.3 is 11.9 Å². The third kappa shape index (κ3) is 18.9. The third-order valence-electron chi connectivity index (χ3n) is 11.8. The number of carbonyl (C=O) groups is 2. The van der Waals surface area contributed by atoms with Crippen LogP contribution in [-0.4, -0.2) is 166 Å². The highest BCUT2D eigenvalue weighted by atomic mass is 16.7. The summed E-state index contributed by atoms with van der Waals surface area (Å²) in [4.78, 5) is 27.7. The van der Waals surface area contributed by atoms with Crippen molar-refractivity contribution in [2.45, 2.75) is 164 Å². The zero-order valence-corrected chi connectivity index (χ0v) is 37.5. The van der Waals surface area contributed by atoms with Gasteiger partial charge in [-0.3, -0.25) is 9.59 Å². The molecule has 0 aromatic rings. The molecule has 66 heavy (non-hydrogen) atoms. The molecular weight excluding hydrogens is 867 g/mol. The van der Waals surface area contributed by atoms with Crippen LogP contribution >= 0.6 is 0 Å². The van der Waals surface area contributed by atoms with Gasteiger partial charge in [0.05, 0.1) is 80.1 Å². The maximum Gasteiger partial charge on any atom is 0.311 e. The van der Waals surface area contributed by atoms with Crippen molar-refractivity contribution >= 4 is 11.9 Å². The molecule has 0 saturated carbocycles. The molecule has 3 aliphatic heterocycles. The van der Waals surface area contributed by atoms with Gasteiger partial charge < -0.3 is 75.1 Å². The second-order valence-corrected chi connectivity index (χ2v) is 17.3. The third-order valence-corrected chi connectivity index (χ3v) is 11.8. The molecule has 3 rings (SSSR count). The second-order valence-electron chi connectivity index (χ2n) is 17.3. The van der Waals surface area contributed by atoms with Crippen molar-refractivity contribution in [2.75, 3.05) is 6.61 Å². The standard InChI is InChI=1S/C46H69N3O17/c1-27-16-14-12-10-8-6-4-5-7-9-11-13-15-17-33(65-45-43(59)41(48-49-47)37(56)26-63-45)23-38-40(44(60)61)36(55)25-46(62,66-38)24-32(52)21-35(54)34(53)19-18-30(50)20-31(51)22-39(57)64-29(3)28(2)42(27)58/h4-17,27-38,40-43,45,50-56,58-59,62H,18-26H2,1-3H3,(H,60,61)/b5-4+,8-6+,9-7+,12-10+,13-11+,16-14+,17-15+/t27-,28-,29-,30?,31?,32?,33?,34?,35?,36-,37+,38-,40?,41?,42+,43+,45?,46?/m0/s1. The Kier molecular flexibility index (Phi) is 24.1. The molecule has 20 nitrogen and oxygen atoms in total. The lowest BCUT2D eigenvalue weighted by Gasteiger charge is -2.45. The Hall–Kier alpha value is -4.09. The summed E-state index contributed by atoms with van der Waals surface area (Å²) >= 11 is 0. The summed E-state index contributed by atoms with van der Waals surface area (Å²) in [5, 5.41) is 122. The first-order valence-electron chi connectivity index (χ1n) is 22.2. The zero-order valence-electron chi connectivity index (χ0n) is 37.5. The molecule has 3 heterocycles. The van der Waals surface area contributed by atoms with Crippen LogP contribution in [0.1, 0.15) is 72.1 Å². The summed E-state index contributed by atoms with van der Waals surface area (Å²) in [6.07, 6.45) is 3.18. The van der Waals surface area contributed by atoms with Crippen LogP contribution in [-0.2, 0) is 28.5 Å². The molecule has 0 spiro atoms. The van der Waals surface area contributed by atoms with E-state index in [1.54, 1.807) is 80.7 Å². The first kappa shape index (κ1) is 56.2. The van der Waals surface area contributed by atoms with E-state index < -0.39 is 141 Å². The molecule has 370 valence electrons. The maximum atomic E-state index is 12.6.